The van der Waals surface area contributed by atoms with Gasteiger partial charge >= 0.3 is 5.97 Å². The van der Waals surface area contributed by atoms with E-state index in [1.54, 1.807) is 25.3 Å². The monoisotopic (exact) mass is 322 g/mol. The van der Waals surface area contributed by atoms with E-state index >= 15 is 0 Å². The molecule has 2 rings (SSSR count). The highest BCUT2D eigenvalue weighted by atomic mass is 32.1. The van der Waals surface area contributed by atoms with E-state index in [2.05, 4.69) is 17.9 Å². The Morgan fingerprint density at radius 2 is 2.05 bits per heavy atom. The van der Waals surface area contributed by atoms with Gasteiger partial charge in [-0.3, -0.25) is 0 Å². The van der Waals surface area contributed by atoms with Gasteiger partial charge in [-0.15, -0.1) is 5.10 Å². The lowest BCUT2D eigenvalue weighted by Gasteiger charge is -2.11. The van der Waals surface area contributed by atoms with Crippen LogP contribution in [-0.4, -0.2) is 21.8 Å². The molecule has 5 nitrogen and oxygen atoms in total. The first kappa shape index (κ1) is 18.1. The van der Waals surface area contributed by atoms with Crippen LogP contribution >= 0.6 is 12.8 Å². The van der Waals surface area contributed by atoms with E-state index in [0.717, 1.165) is 11.1 Å². The molecule has 1 aromatic carbocycles. The van der Waals surface area contributed by atoms with E-state index in [9.17, 15) is 4.79 Å². The Kier molecular flexibility index (Phi) is 7.52. The van der Waals surface area contributed by atoms with Crippen LogP contribution in [0.5, 0.6) is 5.88 Å². The summed E-state index contributed by atoms with van der Waals surface area (Å²) in [5.41, 5.74) is 2.30. The Balaban J connectivity index is 0.00000116. The second-order valence-corrected chi connectivity index (χ2v) is 4.59. The number of rotatable bonds is 5. The van der Waals surface area contributed by atoms with Crippen LogP contribution in [0.2, 0.25) is 0 Å². The third-order valence-corrected chi connectivity index (χ3v) is 3.04. The summed E-state index contributed by atoms with van der Waals surface area (Å²) >= 11 is 4.04. The largest absolute Gasteiger partial charge is 0.472 e. The summed E-state index contributed by atoms with van der Waals surface area (Å²) in [7, 11) is 0. The van der Waals surface area contributed by atoms with Gasteiger partial charge in [0.2, 0.25) is 5.88 Å². The lowest BCUT2D eigenvalue weighted by molar-refractivity contribution is 0.0523. The van der Waals surface area contributed by atoms with E-state index in [-0.39, 0.29) is 12.6 Å². The van der Waals surface area contributed by atoms with E-state index in [1.165, 1.54) is 4.09 Å². The minimum Gasteiger partial charge on any atom is -0.472 e. The van der Waals surface area contributed by atoms with Crippen molar-refractivity contribution in [2.75, 3.05) is 6.61 Å². The molecule has 0 amide bonds. The molecule has 0 aliphatic heterocycles. The highest BCUT2D eigenvalue weighted by molar-refractivity contribution is 7.78. The average Bonchev–Trinajstić information content (AvgIpc) is 2.93. The van der Waals surface area contributed by atoms with E-state index in [0.29, 0.717) is 18.1 Å². The number of aryl methyl sites for hydroxylation is 1. The van der Waals surface area contributed by atoms with Gasteiger partial charge in [0.1, 0.15) is 6.61 Å². The van der Waals surface area contributed by atoms with E-state index in [4.69, 9.17) is 9.47 Å². The van der Waals surface area contributed by atoms with Crippen LogP contribution in [0.15, 0.2) is 30.5 Å². The van der Waals surface area contributed by atoms with Gasteiger partial charge in [0.15, 0.2) is 0 Å². The van der Waals surface area contributed by atoms with Crippen molar-refractivity contribution in [1.29, 1.82) is 0 Å². The maximum atomic E-state index is 11.9. The van der Waals surface area contributed by atoms with Crippen molar-refractivity contribution in [2.45, 2.75) is 34.3 Å². The molecule has 0 aliphatic rings. The van der Waals surface area contributed by atoms with Crippen LogP contribution in [0.4, 0.5) is 0 Å². The molecule has 0 bridgehead atoms. The third kappa shape index (κ3) is 4.80. The Morgan fingerprint density at radius 3 is 2.64 bits per heavy atom. The lowest BCUT2D eigenvalue weighted by atomic mass is 10.0. The number of ether oxygens (including phenoxy) is 2. The number of benzene rings is 1. The maximum absolute atomic E-state index is 11.9. The highest BCUT2D eigenvalue weighted by Gasteiger charge is 2.15. The van der Waals surface area contributed by atoms with Gasteiger partial charge in [-0.25, -0.2) is 8.88 Å². The molecule has 0 spiro atoms. The van der Waals surface area contributed by atoms with Gasteiger partial charge in [0, 0.05) is 17.8 Å². The summed E-state index contributed by atoms with van der Waals surface area (Å²) in [4.78, 5) is 11.9. The molecule has 6 heteroatoms. The molecule has 1 heterocycles. The number of hydrogen-bond acceptors (Lipinski definition) is 5. The molecule has 2 aromatic rings. The minimum absolute atomic E-state index is 0.256. The van der Waals surface area contributed by atoms with Crippen molar-refractivity contribution in [1.82, 2.24) is 9.19 Å². The first-order valence-corrected chi connectivity index (χ1v) is 7.65. The van der Waals surface area contributed by atoms with Crippen LogP contribution in [0.1, 0.15) is 42.3 Å². The fraction of sp³-hybridized carbons (Fsp3) is 0.375. The van der Waals surface area contributed by atoms with Gasteiger partial charge in [0.05, 0.1) is 12.2 Å². The standard InChI is InChI=1S/C14H16N2O3S.C2H6/c1-3-18-14(17)11-6-4-5-10(2)12(11)9-19-13-7-8-16(20)15-13;1-2/h4-8,20H,3,9H2,1-2H3;1-2H3. The van der Waals surface area contributed by atoms with Crippen LogP contribution < -0.4 is 4.74 Å². The van der Waals surface area contributed by atoms with Crippen LogP contribution in [-0.2, 0) is 11.3 Å². The molecule has 22 heavy (non-hydrogen) atoms. The van der Waals surface area contributed by atoms with Crippen LogP contribution in [0.3, 0.4) is 0 Å². The minimum atomic E-state index is -0.338. The number of aromatic nitrogens is 2. The van der Waals surface area contributed by atoms with E-state index in [1.807, 2.05) is 32.9 Å². The zero-order valence-electron chi connectivity index (χ0n) is 13.4. The predicted octanol–water partition coefficient (Wildman–Crippen LogP) is 3.67. The normalized spacial score (nSPS) is 9.68. The number of esters is 1. The molecule has 1 aromatic heterocycles. The highest BCUT2D eigenvalue weighted by Crippen LogP contribution is 2.18. The van der Waals surface area contributed by atoms with Crippen molar-refractivity contribution >= 4 is 18.8 Å². The number of carbonyl (C=O) groups excluding carboxylic acids is 1. The molecular formula is C16H22N2O3S. The summed E-state index contributed by atoms with van der Waals surface area (Å²) in [6.07, 6.45) is 1.67. The van der Waals surface area contributed by atoms with Gasteiger partial charge < -0.3 is 9.47 Å². The molecule has 0 saturated carbocycles. The fourth-order valence-corrected chi connectivity index (χ4v) is 1.97. The average molecular weight is 322 g/mol. The van der Waals surface area contributed by atoms with Crippen molar-refractivity contribution in [3.05, 3.63) is 47.2 Å². The maximum Gasteiger partial charge on any atom is 0.338 e. The molecule has 0 atom stereocenters. The smallest absolute Gasteiger partial charge is 0.338 e. The summed E-state index contributed by atoms with van der Waals surface area (Å²) in [6.45, 7) is 8.31. The number of thiol groups is 1. The van der Waals surface area contributed by atoms with Crippen molar-refractivity contribution < 1.29 is 14.3 Å². The predicted molar refractivity (Wildman–Crippen MR) is 89.4 cm³/mol. The Morgan fingerprint density at radius 1 is 1.32 bits per heavy atom. The zero-order valence-corrected chi connectivity index (χ0v) is 14.3. The molecular weight excluding hydrogens is 300 g/mol. The fourth-order valence-electron chi connectivity index (χ4n) is 1.82. The summed E-state index contributed by atoms with van der Waals surface area (Å²) in [5, 5.41) is 4.01. The number of hydrogen-bond donors (Lipinski definition) is 1. The second-order valence-electron chi connectivity index (χ2n) is 4.18. The first-order chi connectivity index (χ1) is 10.6. The molecule has 0 N–H and O–H groups in total. The summed E-state index contributed by atoms with van der Waals surface area (Å²) < 4.78 is 12.0. The van der Waals surface area contributed by atoms with Crippen LogP contribution in [0.25, 0.3) is 0 Å². The van der Waals surface area contributed by atoms with Gasteiger partial charge in [-0.1, -0.05) is 26.0 Å². The molecule has 0 saturated heterocycles. The Hall–Kier alpha value is -1.95. The molecule has 0 radical (unpaired) electrons. The van der Waals surface area contributed by atoms with Crippen molar-refractivity contribution in [3.63, 3.8) is 0 Å². The SMILES string of the molecule is CC.CCOC(=O)c1cccc(C)c1COc1ccn(S)n1. The Labute approximate surface area is 136 Å². The molecule has 0 unspecified atom stereocenters. The molecule has 0 aliphatic carbocycles. The van der Waals surface area contributed by atoms with Crippen molar-refractivity contribution in [2.24, 2.45) is 0 Å². The summed E-state index contributed by atoms with van der Waals surface area (Å²) in [5.74, 6) is 0.118. The Bertz CT molecular complexity index is 611. The molecule has 0 fully saturated rings. The van der Waals surface area contributed by atoms with Crippen LogP contribution in [0, 0.1) is 6.92 Å². The third-order valence-electron chi connectivity index (χ3n) is 2.82. The van der Waals surface area contributed by atoms with Gasteiger partial charge in [0.25, 0.3) is 0 Å². The number of nitrogens with zero attached hydrogens (tertiary/aromatic N) is 2. The van der Waals surface area contributed by atoms with E-state index < -0.39 is 0 Å². The van der Waals surface area contributed by atoms with Gasteiger partial charge in [-0.2, -0.15) is 0 Å². The van der Waals surface area contributed by atoms with Gasteiger partial charge in [-0.05, 0) is 38.3 Å². The first-order valence-electron chi connectivity index (χ1n) is 7.25. The number of carbonyl (C=O) groups is 1. The zero-order chi connectivity index (χ0) is 16.5. The second kappa shape index (κ2) is 9.15. The van der Waals surface area contributed by atoms with Crippen molar-refractivity contribution in [3.8, 4) is 5.88 Å². The summed E-state index contributed by atoms with van der Waals surface area (Å²) in [6, 6.07) is 7.20. The molecule has 120 valence electrons. The lowest BCUT2D eigenvalue weighted by Crippen LogP contribution is -2.11. The quantitative estimate of drug-likeness (QED) is 0.674. The topological polar surface area (TPSA) is 53.4 Å².